The van der Waals surface area contributed by atoms with Crippen molar-refractivity contribution in [3.8, 4) is 28.7 Å². The van der Waals surface area contributed by atoms with Crippen molar-refractivity contribution < 1.29 is 42.2 Å². The number of carbonyl (C=O) groups is 1. The summed E-state index contributed by atoms with van der Waals surface area (Å²) in [6.45, 7) is -2.98. The van der Waals surface area contributed by atoms with Crippen LogP contribution in [-0.4, -0.2) is 52.4 Å². The van der Waals surface area contributed by atoms with Crippen LogP contribution in [0.5, 0.6) is 28.7 Å². The van der Waals surface area contributed by atoms with Crippen LogP contribution in [0, 0.1) is 10.1 Å². The van der Waals surface area contributed by atoms with E-state index in [2.05, 4.69) is 10.1 Å². The number of carbonyl (C=O) groups excluding carboxylic acids is 1. The van der Waals surface area contributed by atoms with Gasteiger partial charge in [0.05, 0.1) is 33.4 Å². The van der Waals surface area contributed by atoms with Crippen LogP contribution in [0.2, 0.25) is 0 Å². The van der Waals surface area contributed by atoms with Gasteiger partial charge in [-0.15, -0.1) is 0 Å². The van der Waals surface area contributed by atoms with Crippen molar-refractivity contribution in [2.45, 2.75) is 13.0 Å². The first kappa shape index (κ1) is 24.4. The van der Waals surface area contributed by atoms with Crippen molar-refractivity contribution >= 4 is 11.6 Å². The summed E-state index contributed by atoms with van der Waals surface area (Å²) < 4.78 is 49.9. The molecule has 0 aromatic heterocycles. The highest BCUT2D eigenvalue weighted by Gasteiger charge is 2.32. The molecule has 0 saturated heterocycles. The largest absolute Gasteiger partial charge is 0.493 e. The topological polar surface area (TPSA) is 118 Å². The first-order chi connectivity index (χ1) is 15.3. The fraction of sp³-hybridized carbons (Fsp3) is 0.350. The first-order valence-electron chi connectivity index (χ1n) is 9.14. The van der Waals surface area contributed by atoms with E-state index in [1.165, 1.54) is 46.6 Å². The molecule has 32 heavy (non-hydrogen) atoms. The molecule has 0 fully saturated rings. The van der Waals surface area contributed by atoms with Crippen LogP contribution < -0.4 is 29.0 Å². The summed E-state index contributed by atoms with van der Waals surface area (Å²) in [6.07, 6.45) is 0.230. The summed E-state index contributed by atoms with van der Waals surface area (Å²) in [6, 6.07) is 5.61. The number of ether oxygens (including phenoxy) is 5. The molecule has 0 bridgehead atoms. The van der Waals surface area contributed by atoms with Gasteiger partial charge in [0.2, 0.25) is 11.5 Å². The van der Waals surface area contributed by atoms with Crippen LogP contribution in [0.15, 0.2) is 24.3 Å². The Balaban J connectivity index is 2.24. The zero-order chi connectivity index (χ0) is 23.8. The van der Waals surface area contributed by atoms with Crippen LogP contribution in [-0.2, 0) is 6.42 Å². The second-order valence-electron chi connectivity index (χ2n) is 6.17. The Kier molecular flexibility index (Phi) is 8.38. The molecule has 2 aromatic rings. The van der Waals surface area contributed by atoms with Crippen molar-refractivity contribution in [3.63, 3.8) is 0 Å². The standard InChI is InChI=1S/C20H22F2N2O8/c1-28-13-6-5-11(9-14(13)32-20(21)22)7-8-23-19(25)12-10-15(29-2)17(30-3)18(31-4)16(12)24(26)27/h5-6,9-10,20H,7-8H2,1-4H3,(H,23,25). The number of nitrogens with one attached hydrogen (secondary N) is 1. The van der Waals surface area contributed by atoms with Gasteiger partial charge in [0.1, 0.15) is 5.56 Å². The molecule has 0 atom stereocenters. The van der Waals surface area contributed by atoms with Gasteiger partial charge in [0.15, 0.2) is 17.2 Å². The van der Waals surface area contributed by atoms with Gasteiger partial charge < -0.3 is 29.0 Å². The molecule has 2 rings (SSSR count). The molecule has 10 nitrogen and oxygen atoms in total. The van der Waals surface area contributed by atoms with Crippen LogP contribution in [0.25, 0.3) is 0 Å². The van der Waals surface area contributed by atoms with E-state index in [4.69, 9.17) is 18.9 Å². The van der Waals surface area contributed by atoms with E-state index >= 15 is 0 Å². The molecule has 0 radical (unpaired) electrons. The fourth-order valence-electron chi connectivity index (χ4n) is 2.98. The molecule has 0 heterocycles. The van der Waals surface area contributed by atoms with Gasteiger partial charge in [-0.3, -0.25) is 14.9 Å². The Morgan fingerprint density at radius 2 is 1.66 bits per heavy atom. The maximum absolute atomic E-state index is 12.7. The average molecular weight is 456 g/mol. The number of hydrogen-bond acceptors (Lipinski definition) is 8. The summed E-state index contributed by atoms with van der Waals surface area (Å²) in [4.78, 5) is 23.6. The maximum Gasteiger partial charge on any atom is 0.387 e. The van der Waals surface area contributed by atoms with Gasteiger partial charge in [-0.05, 0) is 24.1 Å². The summed E-state index contributed by atoms with van der Waals surface area (Å²) in [5, 5.41) is 14.2. The van der Waals surface area contributed by atoms with Crippen molar-refractivity contribution in [1.82, 2.24) is 5.32 Å². The molecule has 0 unspecified atom stereocenters. The Morgan fingerprint density at radius 3 is 2.19 bits per heavy atom. The van der Waals surface area contributed by atoms with Crippen LogP contribution in [0.3, 0.4) is 0 Å². The molecule has 12 heteroatoms. The molecule has 1 N–H and O–H groups in total. The van der Waals surface area contributed by atoms with Crippen LogP contribution in [0.1, 0.15) is 15.9 Å². The molecule has 0 aliphatic carbocycles. The number of alkyl halides is 2. The van der Waals surface area contributed by atoms with E-state index in [1.807, 2.05) is 0 Å². The highest BCUT2D eigenvalue weighted by molar-refractivity contribution is 6.00. The lowest BCUT2D eigenvalue weighted by molar-refractivity contribution is -0.386. The predicted octanol–water partition coefficient (Wildman–Crippen LogP) is 3.20. The number of rotatable bonds is 11. The molecule has 1 amide bonds. The normalized spacial score (nSPS) is 10.5. The number of nitro benzene ring substituents is 1. The predicted molar refractivity (Wildman–Crippen MR) is 108 cm³/mol. The Hall–Kier alpha value is -3.83. The minimum Gasteiger partial charge on any atom is -0.493 e. The Labute approximate surface area is 182 Å². The third-order valence-corrected chi connectivity index (χ3v) is 4.37. The van der Waals surface area contributed by atoms with Gasteiger partial charge >= 0.3 is 12.3 Å². The van der Waals surface area contributed by atoms with E-state index in [0.717, 1.165) is 0 Å². The fourth-order valence-corrected chi connectivity index (χ4v) is 2.98. The number of hydrogen-bond donors (Lipinski definition) is 1. The Bertz CT molecular complexity index is 985. The van der Waals surface area contributed by atoms with Gasteiger partial charge in [0, 0.05) is 12.6 Å². The van der Waals surface area contributed by atoms with Gasteiger partial charge in [-0.1, -0.05) is 6.07 Å². The lowest BCUT2D eigenvalue weighted by atomic mass is 10.1. The Morgan fingerprint density at radius 1 is 1.00 bits per heavy atom. The zero-order valence-electron chi connectivity index (χ0n) is 17.8. The van der Waals surface area contributed by atoms with E-state index in [0.29, 0.717) is 5.56 Å². The molecule has 2 aromatic carbocycles. The maximum atomic E-state index is 12.7. The number of nitrogens with zero attached hydrogens (tertiary/aromatic N) is 1. The quantitative estimate of drug-likeness (QED) is 0.405. The number of methoxy groups -OCH3 is 4. The minimum atomic E-state index is -3.03. The smallest absolute Gasteiger partial charge is 0.387 e. The van der Waals surface area contributed by atoms with Crippen LogP contribution in [0.4, 0.5) is 14.5 Å². The molecule has 0 saturated carbocycles. The van der Waals surface area contributed by atoms with E-state index in [-0.39, 0.29) is 47.3 Å². The number of nitro groups is 1. The summed E-state index contributed by atoms with van der Waals surface area (Å²) in [5.41, 5.74) is -0.304. The minimum absolute atomic E-state index is 0.0250. The van der Waals surface area contributed by atoms with Crippen LogP contribution >= 0.6 is 0 Å². The zero-order valence-corrected chi connectivity index (χ0v) is 17.8. The summed E-state index contributed by atoms with van der Waals surface area (Å²) in [7, 11) is 5.12. The average Bonchev–Trinajstić information content (AvgIpc) is 2.76. The van der Waals surface area contributed by atoms with Gasteiger partial charge in [0.25, 0.3) is 5.91 Å². The summed E-state index contributed by atoms with van der Waals surface area (Å²) in [5.74, 6) is -0.982. The van der Waals surface area contributed by atoms with Gasteiger partial charge in [-0.25, -0.2) is 0 Å². The number of benzene rings is 2. The molecule has 0 aliphatic rings. The van der Waals surface area contributed by atoms with Crippen molar-refractivity contribution in [1.29, 1.82) is 0 Å². The highest BCUT2D eigenvalue weighted by Crippen LogP contribution is 2.46. The van der Waals surface area contributed by atoms with Crippen molar-refractivity contribution in [2.75, 3.05) is 35.0 Å². The molecular weight excluding hydrogens is 434 g/mol. The molecular formula is C20H22F2N2O8. The highest BCUT2D eigenvalue weighted by atomic mass is 19.3. The lowest BCUT2D eigenvalue weighted by Crippen LogP contribution is -2.26. The number of amides is 1. The summed E-state index contributed by atoms with van der Waals surface area (Å²) >= 11 is 0. The monoisotopic (exact) mass is 456 g/mol. The second-order valence-corrected chi connectivity index (χ2v) is 6.17. The first-order valence-corrected chi connectivity index (χ1v) is 9.14. The number of halogens is 2. The van der Waals surface area contributed by atoms with E-state index in [9.17, 15) is 23.7 Å². The van der Waals surface area contributed by atoms with Gasteiger partial charge in [-0.2, -0.15) is 8.78 Å². The third-order valence-electron chi connectivity index (χ3n) is 4.37. The second kappa shape index (κ2) is 11.0. The molecule has 0 aliphatic heterocycles. The third kappa shape index (κ3) is 5.45. The SMILES string of the molecule is COc1ccc(CCNC(=O)c2cc(OC)c(OC)c(OC)c2[N+](=O)[O-])cc1OC(F)F. The van der Waals surface area contributed by atoms with Crippen molar-refractivity contribution in [3.05, 3.63) is 45.5 Å². The van der Waals surface area contributed by atoms with Crippen molar-refractivity contribution in [2.24, 2.45) is 0 Å². The molecule has 174 valence electrons. The van der Waals surface area contributed by atoms with E-state index in [1.54, 1.807) is 6.07 Å². The lowest BCUT2D eigenvalue weighted by Gasteiger charge is -2.15. The van der Waals surface area contributed by atoms with E-state index < -0.39 is 23.1 Å². The molecule has 0 spiro atoms.